The van der Waals surface area contributed by atoms with Gasteiger partial charge in [0.25, 0.3) is 5.91 Å². The molecule has 0 fully saturated rings. The van der Waals surface area contributed by atoms with E-state index < -0.39 is 0 Å². The average molecular weight is 342 g/mol. The summed E-state index contributed by atoms with van der Waals surface area (Å²) in [5.74, 6) is 1.30. The first-order chi connectivity index (χ1) is 11.9. The standard InChI is InChI=1S/C19H26N4O2/c1-14(2)25-17-7-5-16(6-8-17)22-19(24)15-9-10-20-18(13-15)21-11-12-23(3)4/h5-10,13-14H,11-12H2,1-4H3,(H,20,21)(H,22,24). The Hall–Kier alpha value is -2.60. The molecule has 134 valence electrons. The smallest absolute Gasteiger partial charge is 0.255 e. The van der Waals surface area contributed by atoms with Gasteiger partial charge < -0.3 is 20.3 Å². The maximum atomic E-state index is 12.4. The highest BCUT2D eigenvalue weighted by Gasteiger charge is 2.08. The number of nitrogens with zero attached hydrogens (tertiary/aromatic N) is 2. The Labute approximate surface area is 149 Å². The summed E-state index contributed by atoms with van der Waals surface area (Å²) in [4.78, 5) is 18.7. The number of aromatic nitrogens is 1. The number of rotatable bonds is 8. The Morgan fingerprint density at radius 1 is 1.20 bits per heavy atom. The Morgan fingerprint density at radius 2 is 1.92 bits per heavy atom. The van der Waals surface area contributed by atoms with Crippen LogP contribution in [-0.2, 0) is 0 Å². The van der Waals surface area contributed by atoms with Gasteiger partial charge in [-0.2, -0.15) is 0 Å². The quantitative estimate of drug-likeness (QED) is 0.772. The maximum absolute atomic E-state index is 12.4. The van der Waals surface area contributed by atoms with Crippen molar-refractivity contribution in [2.75, 3.05) is 37.8 Å². The minimum absolute atomic E-state index is 0.121. The summed E-state index contributed by atoms with van der Waals surface area (Å²) < 4.78 is 5.60. The number of hydrogen-bond acceptors (Lipinski definition) is 5. The molecule has 0 aliphatic carbocycles. The van der Waals surface area contributed by atoms with Gasteiger partial charge >= 0.3 is 0 Å². The number of likely N-dealkylation sites (N-methyl/N-ethyl adjacent to an activating group) is 1. The number of hydrogen-bond donors (Lipinski definition) is 2. The fourth-order valence-corrected chi connectivity index (χ4v) is 2.17. The van der Waals surface area contributed by atoms with Crippen LogP contribution in [-0.4, -0.2) is 49.1 Å². The van der Waals surface area contributed by atoms with Gasteiger partial charge in [-0.05, 0) is 64.3 Å². The molecular weight excluding hydrogens is 316 g/mol. The highest BCUT2D eigenvalue weighted by atomic mass is 16.5. The number of anilines is 2. The minimum atomic E-state index is -0.171. The molecular formula is C19H26N4O2. The first-order valence-electron chi connectivity index (χ1n) is 8.37. The Balaban J connectivity index is 1.96. The number of nitrogens with one attached hydrogen (secondary N) is 2. The predicted molar refractivity (Wildman–Crippen MR) is 101 cm³/mol. The van der Waals surface area contributed by atoms with Crippen molar-refractivity contribution in [3.63, 3.8) is 0 Å². The number of ether oxygens (including phenoxy) is 1. The van der Waals surface area contributed by atoms with Crippen molar-refractivity contribution in [1.29, 1.82) is 0 Å². The SMILES string of the molecule is CC(C)Oc1ccc(NC(=O)c2ccnc(NCCN(C)C)c2)cc1. The highest BCUT2D eigenvalue weighted by Crippen LogP contribution is 2.18. The third kappa shape index (κ3) is 6.43. The van der Waals surface area contributed by atoms with Gasteiger partial charge in [-0.1, -0.05) is 0 Å². The van der Waals surface area contributed by atoms with Gasteiger partial charge in [0.1, 0.15) is 11.6 Å². The van der Waals surface area contributed by atoms with Crippen LogP contribution < -0.4 is 15.4 Å². The average Bonchev–Trinajstić information content (AvgIpc) is 2.56. The van der Waals surface area contributed by atoms with Crippen LogP contribution in [0.15, 0.2) is 42.6 Å². The number of amides is 1. The van der Waals surface area contributed by atoms with E-state index in [1.54, 1.807) is 18.3 Å². The Bertz CT molecular complexity index is 684. The lowest BCUT2D eigenvalue weighted by molar-refractivity contribution is 0.102. The molecule has 6 heteroatoms. The molecule has 0 atom stereocenters. The first kappa shape index (κ1) is 18.7. The molecule has 0 aliphatic heterocycles. The van der Waals surface area contributed by atoms with Gasteiger partial charge in [0.2, 0.25) is 0 Å². The zero-order valence-corrected chi connectivity index (χ0v) is 15.2. The molecule has 0 spiro atoms. The molecule has 0 aliphatic rings. The molecule has 1 aromatic heterocycles. The minimum Gasteiger partial charge on any atom is -0.491 e. The van der Waals surface area contributed by atoms with Gasteiger partial charge in [0.15, 0.2) is 0 Å². The highest BCUT2D eigenvalue weighted by molar-refractivity contribution is 6.04. The number of carbonyl (C=O) groups is 1. The van der Waals surface area contributed by atoms with E-state index >= 15 is 0 Å². The zero-order valence-electron chi connectivity index (χ0n) is 15.2. The van der Waals surface area contributed by atoms with Gasteiger partial charge in [0.05, 0.1) is 6.10 Å². The summed E-state index contributed by atoms with van der Waals surface area (Å²) >= 11 is 0. The second kappa shape index (κ2) is 9.03. The van der Waals surface area contributed by atoms with Gasteiger partial charge in [-0.25, -0.2) is 4.98 Å². The summed E-state index contributed by atoms with van der Waals surface area (Å²) in [6.45, 7) is 5.61. The summed E-state index contributed by atoms with van der Waals surface area (Å²) in [5.41, 5.74) is 1.28. The van der Waals surface area contributed by atoms with E-state index in [1.165, 1.54) is 0 Å². The molecule has 0 bridgehead atoms. The van der Waals surface area contributed by atoms with Crippen LogP contribution in [0.2, 0.25) is 0 Å². The number of benzene rings is 1. The van der Waals surface area contributed by atoms with E-state index in [2.05, 4.69) is 20.5 Å². The van der Waals surface area contributed by atoms with Crippen LogP contribution >= 0.6 is 0 Å². The van der Waals surface area contributed by atoms with E-state index in [9.17, 15) is 4.79 Å². The van der Waals surface area contributed by atoms with E-state index in [4.69, 9.17) is 4.74 Å². The lowest BCUT2D eigenvalue weighted by atomic mass is 10.2. The van der Waals surface area contributed by atoms with Crippen molar-refractivity contribution in [1.82, 2.24) is 9.88 Å². The van der Waals surface area contributed by atoms with E-state index in [-0.39, 0.29) is 12.0 Å². The predicted octanol–water partition coefficient (Wildman–Crippen LogP) is 3.09. The summed E-state index contributed by atoms with van der Waals surface area (Å²) in [6.07, 6.45) is 1.75. The van der Waals surface area contributed by atoms with Crippen LogP contribution in [0, 0.1) is 0 Å². The number of carbonyl (C=O) groups excluding carboxylic acids is 1. The van der Waals surface area contributed by atoms with Gasteiger partial charge in [-0.3, -0.25) is 4.79 Å². The van der Waals surface area contributed by atoms with Gasteiger partial charge in [-0.15, -0.1) is 0 Å². The second-order valence-electron chi connectivity index (χ2n) is 6.30. The fourth-order valence-electron chi connectivity index (χ4n) is 2.17. The third-order valence-corrected chi connectivity index (χ3v) is 3.37. The van der Waals surface area contributed by atoms with Crippen molar-refractivity contribution >= 4 is 17.4 Å². The third-order valence-electron chi connectivity index (χ3n) is 3.37. The normalized spacial score (nSPS) is 10.8. The Kier molecular flexibility index (Phi) is 6.77. The maximum Gasteiger partial charge on any atom is 0.255 e. The van der Waals surface area contributed by atoms with E-state index in [0.717, 1.165) is 24.5 Å². The molecule has 2 rings (SSSR count). The molecule has 0 saturated heterocycles. The van der Waals surface area contributed by atoms with Crippen LogP contribution in [0.25, 0.3) is 0 Å². The molecule has 2 aromatic rings. The van der Waals surface area contributed by atoms with E-state index in [0.29, 0.717) is 11.4 Å². The van der Waals surface area contributed by atoms with Crippen molar-refractivity contribution in [2.45, 2.75) is 20.0 Å². The van der Waals surface area contributed by atoms with Crippen LogP contribution in [0.3, 0.4) is 0 Å². The fraction of sp³-hybridized carbons (Fsp3) is 0.368. The van der Waals surface area contributed by atoms with Crippen LogP contribution in [0.4, 0.5) is 11.5 Å². The van der Waals surface area contributed by atoms with Crippen LogP contribution in [0.5, 0.6) is 5.75 Å². The molecule has 1 heterocycles. The summed E-state index contributed by atoms with van der Waals surface area (Å²) in [5, 5.41) is 6.09. The van der Waals surface area contributed by atoms with Crippen LogP contribution in [0.1, 0.15) is 24.2 Å². The second-order valence-corrected chi connectivity index (χ2v) is 6.30. The lowest BCUT2D eigenvalue weighted by Gasteiger charge is -2.12. The monoisotopic (exact) mass is 342 g/mol. The molecule has 1 aromatic carbocycles. The number of pyridine rings is 1. The zero-order chi connectivity index (χ0) is 18.2. The molecule has 2 N–H and O–H groups in total. The first-order valence-corrected chi connectivity index (χ1v) is 8.37. The summed E-state index contributed by atoms with van der Waals surface area (Å²) in [7, 11) is 4.02. The van der Waals surface area contributed by atoms with Crippen molar-refractivity contribution in [3.8, 4) is 5.75 Å². The molecule has 25 heavy (non-hydrogen) atoms. The lowest BCUT2D eigenvalue weighted by Crippen LogP contribution is -2.21. The van der Waals surface area contributed by atoms with E-state index in [1.807, 2.05) is 52.2 Å². The molecule has 0 saturated carbocycles. The van der Waals surface area contributed by atoms with Crippen molar-refractivity contribution < 1.29 is 9.53 Å². The molecule has 6 nitrogen and oxygen atoms in total. The molecule has 0 radical (unpaired) electrons. The van der Waals surface area contributed by atoms with Gasteiger partial charge in [0, 0.05) is 30.5 Å². The molecule has 1 amide bonds. The topological polar surface area (TPSA) is 66.5 Å². The van der Waals surface area contributed by atoms with Crippen molar-refractivity contribution in [2.24, 2.45) is 0 Å². The van der Waals surface area contributed by atoms with Crippen molar-refractivity contribution in [3.05, 3.63) is 48.2 Å². The molecule has 0 unspecified atom stereocenters. The largest absolute Gasteiger partial charge is 0.491 e. The Morgan fingerprint density at radius 3 is 2.56 bits per heavy atom. The summed E-state index contributed by atoms with van der Waals surface area (Å²) in [6, 6.07) is 10.8.